The maximum absolute atomic E-state index is 12.0. The van der Waals surface area contributed by atoms with Gasteiger partial charge in [-0.15, -0.1) is 0 Å². The fourth-order valence-electron chi connectivity index (χ4n) is 2.89. The highest BCUT2D eigenvalue weighted by Crippen LogP contribution is 2.26. The molecule has 0 radical (unpaired) electrons. The van der Waals surface area contributed by atoms with Gasteiger partial charge in [0.25, 0.3) is 0 Å². The molecular formula is C17H26N2O. The van der Waals surface area contributed by atoms with Gasteiger partial charge in [0.15, 0.2) is 0 Å². The summed E-state index contributed by atoms with van der Waals surface area (Å²) >= 11 is 0. The molecule has 1 aromatic carbocycles. The van der Waals surface area contributed by atoms with Gasteiger partial charge in [-0.2, -0.15) is 0 Å². The summed E-state index contributed by atoms with van der Waals surface area (Å²) in [7, 11) is 2.07. The second-order valence-corrected chi connectivity index (χ2v) is 6.09. The van der Waals surface area contributed by atoms with Crippen LogP contribution in [0.1, 0.15) is 38.2 Å². The lowest BCUT2D eigenvalue weighted by molar-refractivity contribution is -0.122. The van der Waals surface area contributed by atoms with Gasteiger partial charge in [0.05, 0.1) is 6.54 Å². The van der Waals surface area contributed by atoms with Crippen molar-refractivity contribution in [2.75, 3.05) is 13.6 Å². The topological polar surface area (TPSA) is 32.3 Å². The van der Waals surface area contributed by atoms with Crippen molar-refractivity contribution in [2.24, 2.45) is 5.92 Å². The first-order chi connectivity index (χ1) is 9.65. The molecule has 0 spiro atoms. The molecule has 1 aromatic rings. The number of carbonyl (C=O) groups excluding carboxylic acids is 1. The van der Waals surface area contributed by atoms with Crippen LogP contribution in [0.25, 0.3) is 0 Å². The van der Waals surface area contributed by atoms with Crippen LogP contribution in [0.15, 0.2) is 30.3 Å². The fourth-order valence-corrected chi connectivity index (χ4v) is 2.89. The number of likely N-dealkylation sites (N-methyl/N-ethyl adjacent to an activating group) is 1. The summed E-state index contributed by atoms with van der Waals surface area (Å²) in [5.41, 5.74) is 1.15. The average Bonchev–Trinajstić information content (AvgIpc) is 2.47. The maximum atomic E-state index is 12.0. The van der Waals surface area contributed by atoms with Crippen molar-refractivity contribution in [1.29, 1.82) is 0 Å². The number of nitrogens with one attached hydrogen (secondary N) is 1. The Morgan fingerprint density at radius 2 is 1.85 bits per heavy atom. The van der Waals surface area contributed by atoms with Crippen molar-refractivity contribution in [3.05, 3.63) is 35.9 Å². The summed E-state index contributed by atoms with van der Waals surface area (Å²) in [6, 6.07) is 10.6. The Morgan fingerprint density at radius 3 is 2.50 bits per heavy atom. The Labute approximate surface area is 122 Å². The lowest BCUT2D eigenvalue weighted by Gasteiger charge is -2.33. The molecule has 0 heterocycles. The fraction of sp³-hybridized carbons (Fsp3) is 0.588. The highest BCUT2D eigenvalue weighted by Gasteiger charge is 2.22. The Balaban J connectivity index is 1.71. The molecule has 0 saturated heterocycles. The smallest absolute Gasteiger partial charge is 0.234 e. The molecule has 0 atom stereocenters. The molecular weight excluding hydrogens is 248 g/mol. The van der Waals surface area contributed by atoms with Gasteiger partial charge in [-0.05, 0) is 44.2 Å². The van der Waals surface area contributed by atoms with Crippen LogP contribution >= 0.6 is 0 Å². The number of amides is 1. The van der Waals surface area contributed by atoms with Gasteiger partial charge in [-0.1, -0.05) is 37.3 Å². The zero-order valence-corrected chi connectivity index (χ0v) is 12.6. The van der Waals surface area contributed by atoms with E-state index in [2.05, 4.69) is 24.2 Å². The Kier molecular flexibility index (Phi) is 5.60. The van der Waals surface area contributed by atoms with Gasteiger partial charge < -0.3 is 5.32 Å². The summed E-state index contributed by atoms with van der Waals surface area (Å²) in [6.07, 6.45) is 5.04. The van der Waals surface area contributed by atoms with E-state index in [9.17, 15) is 4.79 Å². The van der Waals surface area contributed by atoms with E-state index in [0.717, 1.165) is 11.5 Å². The number of carbonyl (C=O) groups is 1. The number of hydrogen-bond donors (Lipinski definition) is 1. The van der Waals surface area contributed by atoms with Crippen molar-refractivity contribution in [1.82, 2.24) is 10.2 Å². The summed E-state index contributed by atoms with van der Waals surface area (Å²) in [5.74, 6) is 0.974. The van der Waals surface area contributed by atoms with Gasteiger partial charge in [0.2, 0.25) is 5.91 Å². The summed E-state index contributed by atoms with van der Waals surface area (Å²) in [5, 5.41) is 3.00. The van der Waals surface area contributed by atoms with Gasteiger partial charge in [0.1, 0.15) is 0 Å². The zero-order valence-electron chi connectivity index (χ0n) is 12.6. The van der Waals surface area contributed by atoms with Crippen molar-refractivity contribution in [3.63, 3.8) is 0 Å². The van der Waals surface area contributed by atoms with Gasteiger partial charge >= 0.3 is 0 Å². The molecule has 0 bridgehead atoms. The molecule has 3 nitrogen and oxygen atoms in total. The van der Waals surface area contributed by atoms with Crippen molar-refractivity contribution in [2.45, 2.75) is 45.2 Å². The van der Waals surface area contributed by atoms with Gasteiger partial charge in [0, 0.05) is 12.6 Å². The van der Waals surface area contributed by atoms with E-state index in [1.807, 2.05) is 30.3 Å². The van der Waals surface area contributed by atoms with Crippen LogP contribution < -0.4 is 5.32 Å². The minimum atomic E-state index is 0.120. The predicted molar refractivity (Wildman–Crippen MR) is 82.3 cm³/mol. The minimum absolute atomic E-state index is 0.120. The first-order valence-electron chi connectivity index (χ1n) is 7.66. The molecule has 0 unspecified atom stereocenters. The lowest BCUT2D eigenvalue weighted by Crippen LogP contribution is -2.41. The van der Waals surface area contributed by atoms with Crippen LogP contribution in [0.3, 0.4) is 0 Å². The molecule has 110 valence electrons. The highest BCUT2D eigenvalue weighted by molar-refractivity contribution is 5.78. The van der Waals surface area contributed by atoms with E-state index in [4.69, 9.17) is 0 Å². The van der Waals surface area contributed by atoms with Crippen LogP contribution in [0, 0.1) is 5.92 Å². The standard InChI is InChI=1S/C17H26N2O/c1-14-8-10-16(11-9-14)19(2)13-17(20)18-12-15-6-4-3-5-7-15/h3-7,14,16H,8-13H2,1-2H3,(H,18,20). The van der Waals surface area contributed by atoms with E-state index in [-0.39, 0.29) is 5.91 Å². The molecule has 1 amide bonds. The average molecular weight is 274 g/mol. The molecule has 2 rings (SSSR count). The summed E-state index contributed by atoms with van der Waals surface area (Å²) in [6.45, 7) is 3.45. The molecule has 1 saturated carbocycles. The first-order valence-corrected chi connectivity index (χ1v) is 7.66. The lowest BCUT2D eigenvalue weighted by atomic mass is 9.87. The molecule has 1 aliphatic carbocycles. The maximum Gasteiger partial charge on any atom is 0.234 e. The van der Waals surface area contributed by atoms with Crippen LogP contribution in [0.5, 0.6) is 0 Å². The summed E-state index contributed by atoms with van der Waals surface area (Å²) in [4.78, 5) is 14.2. The van der Waals surface area contributed by atoms with E-state index >= 15 is 0 Å². The molecule has 0 aromatic heterocycles. The number of benzene rings is 1. The Morgan fingerprint density at radius 1 is 1.20 bits per heavy atom. The largest absolute Gasteiger partial charge is 0.351 e. The SMILES string of the molecule is CC1CCC(N(C)CC(=O)NCc2ccccc2)CC1. The number of rotatable bonds is 5. The van der Waals surface area contributed by atoms with Gasteiger partial charge in [-0.25, -0.2) is 0 Å². The van der Waals surface area contributed by atoms with Crippen LogP contribution in [-0.2, 0) is 11.3 Å². The van der Waals surface area contributed by atoms with Crippen LogP contribution in [-0.4, -0.2) is 30.4 Å². The number of nitrogens with zero attached hydrogens (tertiary/aromatic N) is 1. The van der Waals surface area contributed by atoms with Crippen molar-refractivity contribution < 1.29 is 4.79 Å². The molecule has 1 N–H and O–H groups in total. The molecule has 1 fully saturated rings. The second-order valence-electron chi connectivity index (χ2n) is 6.09. The monoisotopic (exact) mass is 274 g/mol. The normalized spacial score (nSPS) is 22.8. The Hall–Kier alpha value is -1.35. The number of hydrogen-bond acceptors (Lipinski definition) is 2. The molecule has 20 heavy (non-hydrogen) atoms. The van der Waals surface area contributed by atoms with E-state index in [1.165, 1.54) is 25.7 Å². The predicted octanol–water partition coefficient (Wildman–Crippen LogP) is 2.81. The third kappa shape index (κ3) is 4.64. The zero-order chi connectivity index (χ0) is 14.4. The van der Waals surface area contributed by atoms with Crippen molar-refractivity contribution in [3.8, 4) is 0 Å². The molecule has 1 aliphatic rings. The molecule has 0 aliphatic heterocycles. The third-order valence-corrected chi connectivity index (χ3v) is 4.33. The molecule has 3 heteroatoms. The van der Waals surface area contributed by atoms with Gasteiger partial charge in [-0.3, -0.25) is 9.69 Å². The first kappa shape index (κ1) is 15.0. The van der Waals surface area contributed by atoms with E-state index in [0.29, 0.717) is 19.1 Å². The minimum Gasteiger partial charge on any atom is -0.351 e. The quantitative estimate of drug-likeness (QED) is 0.895. The van der Waals surface area contributed by atoms with E-state index in [1.54, 1.807) is 0 Å². The summed E-state index contributed by atoms with van der Waals surface area (Å²) < 4.78 is 0. The van der Waals surface area contributed by atoms with Crippen LogP contribution in [0.4, 0.5) is 0 Å². The van der Waals surface area contributed by atoms with Crippen LogP contribution in [0.2, 0.25) is 0 Å². The second kappa shape index (κ2) is 7.44. The Bertz CT molecular complexity index is 410. The van der Waals surface area contributed by atoms with Crippen molar-refractivity contribution >= 4 is 5.91 Å². The highest BCUT2D eigenvalue weighted by atomic mass is 16.2. The van der Waals surface area contributed by atoms with E-state index < -0.39 is 0 Å². The third-order valence-electron chi connectivity index (χ3n) is 4.33.